The number of rotatable bonds is 8. The van der Waals surface area contributed by atoms with E-state index in [1.165, 1.54) is 35.2 Å². The Morgan fingerprint density at radius 3 is 2.24 bits per heavy atom. The fourth-order valence-electron chi connectivity index (χ4n) is 7.82. The van der Waals surface area contributed by atoms with Crippen LogP contribution < -0.4 is 4.90 Å². The predicted molar refractivity (Wildman–Crippen MR) is 161 cm³/mol. The zero-order valence-corrected chi connectivity index (χ0v) is 24.7. The molecule has 42 heavy (non-hydrogen) atoms. The molecule has 0 bridgehead atoms. The summed E-state index contributed by atoms with van der Waals surface area (Å²) in [7, 11) is 0. The van der Waals surface area contributed by atoms with Crippen LogP contribution in [0.1, 0.15) is 61.6 Å². The number of amides is 3. The summed E-state index contributed by atoms with van der Waals surface area (Å²) in [6, 6.07) is 17.1. The van der Waals surface area contributed by atoms with Gasteiger partial charge in [0.2, 0.25) is 0 Å². The van der Waals surface area contributed by atoms with Crippen LogP contribution in [0, 0.1) is 0 Å². The number of urea groups is 1. The number of carbonyl (C=O) groups is 2. The molecule has 5 aliphatic rings. The number of imide groups is 1. The lowest BCUT2D eigenvalue weighted by molar-refractivity contribution is -0.165. The molecule has 2 aromatic rings. The Morgan fingerprint density at radius 1 is 0.857 bits per heavy atom. The molecule has 0 radical (unpaired) electrons. The molecule has 1 unspecified atom stereocenters. The van der Waals surface area contributed by atoms with E-state index in [0.717, 1.165) is 71.4 Å². The topological polar surface area (TPSA) is 65.6 Å². The molecule has 2 aromatic carbocycles. The molecule has 224 valence electrons. The summed E-state index contributed by atoms with van der Waals surface area (Å²) in [5.74, 6) is -0.00571. The van der Waals surface area contributed by atoms with Gasteiger partial charge in [-0.15, -0.1) is 0 Å². The second-order valence-corrected chi connectivity index (χ2v) is 12.8. The van der Waals surface area contributed by atoms with Gasteiger partial charge in [-0.1, -0.05) is 36.4 Å². The van der Waals surface area contributed by atoms with Gasteiger partial charge in [0.15, 0.2) is 6.29 Å². The number of carbonyl (C=O) groups excluding carboxylic acids is 2. The zero-order valence-electron chi connectivity index (χ0n) is 24.7. The summed E-state index contributed by atoms with van der Waals surface area (Å²) in [4.78, 5) is 36.7. The molecule has 1 spiro atoms. The van der Waals surface area contributed by atoms with Gasteiger partial charge in [-0.05, 0) is 86.6 Å². The van der Waals surface area contributed by atoms with Gasteiger partial charge in [0.25, 0.3) is 5.91 Å². The number of hydrogen-bond acceptors (Lipinski definition) is 6. The fraction of sp³-hybridized carbons (Fsp3) is 0.588. The maximum absolute atomic E-state index is 14.3. The standard InChI is InChI=1S/C34H44N4O4/c39-32-34(14-18-35(19-15-34)25-26-10-12-29(13-11-26)36-16-4-5-17-36)37(20-22-42-31-9-3-6-21-41-31)33(40)38(32)30-23-27-7-1-2-8-28(27)24-30/h1-2,7-8,10-13,30-31H,3-6,9,14-25H2. The number of benzene rings is 2. The number of piperidine rings is 1. The zero-order chi connectivity index (χ0) is 28.5. The summed E-state index contributed by atoms with van der Waals surface area (Å²) >= 11 is 0. The van der Waals surface area contributed by atoms with Crippen molar-refractivity contribution in [3.8, 4) is 0 Å². The predicted octanol–water partition coefficient (Wildman–Crippen LogP) is 4.60. The molecule has 0 aromatic heterocycles. The van der Waals surface area contributed by atoms with Gasteiger partial charge < -0.3 is 19.3 Å². The molecular weight excluding hydrogens is 528 g/mol. The SMILES string of the molecule is O=C1N(C2Cc3ccccc3C2)C(=O)C2(CCN(Cc3ccc(N4CCCC4)cc3)CC2)N1CCOC1CCCCO1. The van der Waals surface area contributed by atoms with Crippen LogP contribution in [-0.4, -0.2) is 90.4 Å². The number of ether oxygens (including phenoxy) is 2. The molecule has 0 N–H and O–H groups in total. The minimum absolute atomic E-state index is 0.00571. The smallest absolute Gasteiger partial charge is 0.328 e. The number of hydrogen-bond donors (Lipinski definition) is 0. The first-order valence-corrected chi connectivity index (χ1v) is 16.1. The Hall–Kier alpha value is -2.94. The Morgan fingerprint density at radius 2 is 1.57 bits per heavy atom. The van der Waals surface area contributed by atoms with Crippen LogP contribution in [0.25, 0.3) is 0 Å². The maximum Gasteiger partial charge on any atom is 0.328 e. The number of nitrogens with zero attached hydrogens (tertiary/aromatic N) is 4. The number of fused-ring (bicyclic) bond motifs is 1. The third-order valence-electron chi connectivity index (χ3n) is 10.2. The molecule has 7 rings (SSSR count). The van der Waals surface area contributed by atoms with Gasteiger partial charge in [-0.3, -0.25) is 14.6 Å². The lowest BCUT2D eigenvalue weighted by Crippen LogP contribution is -2.57. The van der Waals surface area contributed by atoms with Crippen molar-refractivity contribution >= 4 is 17.6 Å². The molecule has 0 saturated carbocycles. The molecule has 1 aliphatic carbocycles. The largest absolute Gasteiger partial charge is 0.372 e. The van der Waals surface area contributed by atoms with Crippen molar-refractivity contribution in [3.63, 3.8) is 0 Å². The van der Waals surface area contributed by atoms with E-state index in [1.54, 1.807) is 4.90 Å². The highest BCUT2D eigenvalue weighted by Crippen LogP contribution is 2.40. The Balaban J connectivity index is 1.04. The molecule has 1 atom stereocenters. The Bertz CT molecular complexity index is 1240. The van der Waals surface area contributed by atoms with E-state index < -0.39 is 5.54 Å². The highest BCUT2D eigenvalue weighted by Gasteiger charge is 2.59. The summed E-state index contributed by atoms with van der Waals surface area (Å²) < 4.78 is 11.8. The van der Waals surface area contributed by atoms with E-state index in [0.29, 0.717) is 26.0 Å². The van der Waals surface area contributed by atoms with Crippen LogP contribution in [0.2, 0.25) is 0 Å². The summed E-state index contributed by atoms with van der Waals surface area (Å²) in [5, 5.41) is 0. The van der Waals surface area contributed by atoms with Crippen molar-refractivity contribution < 1.29 is 19.1 Å². The molecular formula is C34H44N4O4. The van der Waals surface area contributed by atoms with E-state index in [4.69, 9.17) is 9.47 Å². The molecule has 4 saturated heterocycles. The summed E-state index contributed by atoms with van der Waals surface area (Å²) in [5.41, 5.74) is 4.32. The average molecular weight is 573 g/mol. The van der Waals surface area contributed by atoms with Crippen LogP contribution in [-0.2, 0) is 33.7 Å². The second-order valence-electron chi connectivity index (χ2n) is 12.8. The highest BCUT2D eigenvalue weighted by molar-refractivity contribution is 6.07. The van der Waals surface area contributed by atoms with Crippen molar-refractivity contribution in [2.75, 3.05) is 50.8 Å². The van der Waals surface area contributed by atoms with Crippen LogP contribution >= 0.6 is 0 Å². The number of likely N-dealkylation sites (tertiary alicyclic amines) is 1. The molecule has 3 amide bonds. The van der Waals surface area contributed by atoms with E-state index in [2.05, 4.69) is 46.2 Å². The molecule has 8 heteroatoms. The molecule has 4 fully saturated rings. The minimum atomic E-state index is -0.793. The normalized spacial score (nSPS) is 24.8. The number of anilines is 1. The van der Waals surface area contributed by atoms with Crippen LogP contribution in [0.5, 0.6) is 0 Å². The third-order valence-corrected chi connectivity index (χ3v) is 10.2. The van der Waals surface area contributed by atoms with Crippen molar-refractivity contribution in [2.24, 2.45) is 0 Å². The van der Waals surface area contributed by atoms with Crippen molar-refractivity contribution in [1.82, 2.24) is 14.7 Å². The maximum atomic E-state index is 14.3. The first-order valence-electron chi connectivity index (χ1n) is 16.1. The van der Waals surface area contributed by atoms with Crippen LogP contribution in [0.3, 0.4) is 0 Å². The first-order chi connectivity index (χ1) is 20.6. The van der Waals surface area contributed by atoms with Gasteiger partial charge in [0, 0.05) is 57.6 Å². The molecule has 4 heterocycles. The van der Waals surface area contributed by atoms with Crippen LogP contribution in [0.15, 0.2) is 48.5 Å². The fourth-order valence-corrected chi connectivity index (χ4v) is 7.82. The van der Waals surface area contributed by atoms with Crippen LogP contribution in [0.4, 0.5) is 10.5 Å². The van der Waals surface area contributed by atoms with E-state index in [9.17, 15) is 9.59 Å². The van der Waals surface area contributed by atoms with Crippen molar-refractivity contribution in [3.05, 3.63) is 65.2 Å². The third kappa shape index (κ3) is 5.33. The lowest BCUT2D eigenvalue weighted by atomic mass is 9.85. The molecule has 4 aliphatic heterocycles. The first kappa shape index (κ1) is 27.9. The summed E-state index contributed by atoms with van der Waals surface area (Å²) in [6.45, 7) is 6.27. The van der Waals surface area contributed by atoms with Gasteiger partial charge in [-0.25, -0.2) is 4.79 Å². The Kier molecular flexibility index (Phi) is 7.95. The minimum Gasteiger partial charge on any atom is -0.372 e. The van der Waals surface area contributed by atoms with Gasteiger partial charge in [0.1, 0.15) is 5.54 Å². The van der Waals surface area contributed by atoms with Gasteiger partial charge in [-0.2, -0.15) is 0 Å². The van der Waals surface area contributed by atoms with E-state index in [-0.39, 0.29) is 24.3 Å². The van der Waals surface area contributed by atoms with E-state index >= 15 is 0 Å². The lowest BCUT2D eigenvalue weighted by Gasteiger charge is -2.42. The Labute approximate surface area is 249 Å². The van der Waals surface area contributed by atoms with Crippen molar-refractivity contribution in [1.29, 1.82) is 0 Å². The quantitative estimate of drug-likeness (QED) is 0.431. The average Bonchev–Trinajstić information content (AvgIpc) is 3.75. The molecule has 8 nitrogen and oxygen atoms in total. The van der Waals surface area contributed by atoms with E-state index in [1.807, 2.05) is 17.0 Å². The van der Waals surface area contributed by atoms with Gasteiger partial charge >= 0.3 is 6.03 Å². The van der Waals surface area contributed by atoms with Crippen molar-refractivity contribution in [2.45, 2.75) is 82.2 Å². The highest BCUT2D eigenvalue weighted by atomic mass is 16.7. The van der Waals surface area contributed by atoms with Gasteiger partial charge in [0.05, 0.1) is 6.61 Å². The second kappa shape index (κ2) is 12.0. The summed E-state index contributed by atoms with van der Waals surface area (Å²) in [6.07, 6.45) is 8.19. The monoisotopic (exact) mass is 572 g/mol.